The van der Waals surface area contributed by atoms with Gasteiger partial charge in [-0.15, -0.1) is 0 Å². The maximum absolute atomic E-state index is 8.04. The first kappa shape index (κ1) is 4.34. The van der Waals surface area contributed by atoms with Crippen LogP contribution in [0.5, 0.6) is 11.5 Å². The van der Waals surface area contributed by atoms with Gasteiger partial charge in [-0.1, -0.05) is 0 Å². The minimum atomic E-state index is -2.62. The van der Waals surface area contributed by atoms with Crippen LogP contribution in [0, 0.1) is 0 Å². The van der Waals surface area contributed by atoms with E-state index in [9.17, 15) is 0 Å². The molecule has 0 atom stereocenters. The molecule has 0 unspecified atom stereocenters. The molecule has 3 heteroatoms. The van der Waals surface area contributed by atoms with Crippen LogP contribution in [0.2, 0.25) is 0 Å². The van der Waals surface area contributed by atoms with Gasteiger partial charge >= 0.3 is 0 Å². The van der Waals surface area contributed by atoms with Crippen LogP contribution in [-0.2, 0) is 6.37 Å². The topological polar surface area (TPSA) is 30.8 Å². The van der Waals surface area contributed by atoms with Gasteiger partial charge in [-0.2, -0.15) is 0 Å². The first-order valence-electron chi connectivity index (χ1n) is 7.00. The van der Waals surface area contributed by atoms with Gasteiger partial charge in [0.15, 0.2) is 11.5 Å². The fourth-order valence-electron chi connectivity index (χ4n) is 1.17. The van der Waals surface area contributed by atoms with Gasteiger partial charge in [-0.25, -0.2) is 0 Å². The van der Waals surface area contributed by atoms with Gasteiger partial charge in [0.2, 0.25) is 0 Å². The van der Waals surface area contributed by atoms with Crippen molar-refractivity contribution in [2.45, 2.75) is 6.37 Å². The minimum absolute atomic E-state index is 0.000579. The van der Waals surface area contributed by atoms with Crippen molar-refractivity contribution >= 4 is 6.19 Å². The number of aliphatic imine (C=N–C) groups is 1. The fourth-order valence-corrected chi connectivity index (χ4v) is 1.17. The average molecular weight is 197 g/mol. The Morgan fingerprint density at radius 3 is 2.93 bits per heavy atom. The van der Waals surface area contributed by atoms with E-state index >= 15 is 0 Å². The van der Waals surface area contributed by atoms with Crippen LogP contribution in [0.4, 0.5) is 0 Å². The number of ether oxygens (including phenoxy) is 2. The number of fused-ring (bicyclic) bond motifs is 1. The molecule has 0 fully saturated rings. The molecule has 1 aliphatic rings. The highest BCUT2D eigenvalue weighted by atomic mass is 16.5. The number of benzene rings is 1. The molecule has 0 spiro atoms. The highest BCUT2D eigenvalue weighted by Gasteiger charge is 2.11. The minimum Gasteiger partial charge on any atom is -0.493 e. The SMILES string of the molecule is [2H]C1=NC([2H])([2H])C([2H])([2H])c2c1cc(OC)c(OC)c2[2H]. The maximum atomic E-state index is 8.04. The Hall–Kier alpha value is -1.51. The third-order valence-corrected chi connectivity index (χ3v) is 1.84. The summed E-state index contributed by atoms with van der Waals surface area (Å²) in [5.74, 6) is 0.176. The summed E-state index contributed by atoms with van der Waals surface area (Å²) in [7, 11) is 2.67. The van der Waals surface area contributed by atoms with E-state index in [2.05, 4.69) is 4.99 Å². The van der Waals surface area contributed by atoms with Gasteiger partial charge in [0.1, 0.15) is 0 Å². The smallest absolute Gasteiger partial charge is 0.161 e. The third kappa shape index (κ3) is 1.45. The second-order valence-electron chi connectivity index (χ2n) is 2.62. The van der Waals surface area contributed by atoms with Gasteiger partial charge in [-0.3, -0.25) is 4.99 Å². The molecule has 2 rings (SSSR count). The van der Waals surface area contributed by atoms with Crippen molar-refractivity contribution in [3.8, 4) is 11.5 Å². The van der Waals surface area contributed by atoms with Crippen molar-refractivity contribution in [1.29, 1.82) is 0 Å². The molecule has 0 N–H and O–H groups in total. The molecule has 0 saturated carbocycles. The fraction of sp³-hybridized carbons (Fsp3) is 0.364. The summed E-state index contributed by atoms with van der Waals surface area (Å²) in [5, 5.41) is 0. The van der Waals surface area contributed by atoms with Crippen molar-refractivity contribution < 1.29 is 17.7 Å². The quantitative estimate of drug-likeness (QED) is 0.722. The van der Waals surface area contributed by atoms with Gasteiger partial charge in [0.05, 0.1) is 19.7 Å². The lowest BCUT2D eigenvalue weighted by Crippen LogP contribution is -2.04. The van der Waals surface area contributed by atoms with Crippen molar-refractivity contribution in [2.75, 3.05) is 20.7 Å². The van der Waals surface area contributed by atoms with E-state index in [-0.39, 0.29) is 28.7 Å². The molecular weight excluding hydrogens is 178 g/mol. The van der Waals surface area contributed by atoms with E-state index in [1.165, 1.54) is 20.3 Å². The number of methoxy groups -OCH3 is 2. The van der Waals surface area contributed by atoms with E-state index < -0.39 is 19.1 Å². The van der Waals surface area contributed by atoms with Crippen LogP contribution >= 0.6 is 0 Å². The Morgan fingerprint density at radius 1 is 1.43 bits per heavy atom. The van der Waals surface area contributed by atoms with Crippen molar-refractivity contribution in [3.63, 3.8) is 0 Å². The first-order valence-corrected chi connectivity index (χ1v) is 4.00. The summed E-state index contributed by atoms with van der Waals surface area (Å²) in [4.78, 5) is 3.44. The van der Waals surface area contributed by atoms with E-state index in [4.69, 9.17) is 17.7 Å². The zero-order chi connectivity index (χ0) is 15.3. The predicted octanol–water partition coefficient (Wildman–Crippen LogP) is 1.68. The van der Waals surface area contributed by atoms with Gasteiger partial charge in [-0.05, 0) is 29.6 Å². The van der Waals surface area contributed by atoms with Crippen LogP contribution in [0.1, 0.15) is 19.4 Å². The summed E-state index contributed by atoms with van der Waals surface area (Å²) in [6.07, 6.45) is -2.96. The van der Waals surface area contributed by atoms with Gasteiger partial charge < -0.3 is 9.47 Å². The van der Waals surface area contributed by atoms with Crippen LogP contribution in [-0.4, -0.2) is 26.9 Å². The monoisotopic (exact) mass is 197 g/mol. The molecular formula is C11H13NO2. The molecule has 0 bridgehead atoms. The molecule has 0 saturated heterocycles. The summed E-state index contributed by atoms with van der Waals surface area (Å²) in [6.45, 7) is -2.62. The molecule has 1 aromatic carbocycles. The lowest BCUT2D eigenvalue weighted by atomic mass is 10.0. The summed E-state index contributed by atoms with van der Waals surface area (Å²) >= 11 is 0. The van der Waals surface area contributed by atoms with E-state index in [1.807, 2.05) is 0 Å². The van der Waals surface area contributed by atoms with Crippen LogP contribution in [0.25, 0.3) is 0 Å². The Labute approximate surface area is 91.8 Å². The van der Waals surface area contributed by atoms with Crippen LogP contribution < -0.4 is 9.47 Å². The highest BCUT2D eigenvalue weighted by molar-refractivity contribution is 5.84. The molecule has 0 radical (unpaired) electrons. The lowest BCUT2D eigenvalue weighted by Gasteiger charge is -2.14. The largest absolute Gasteiger partial charge is 0.493 e. The normalized spacial score (nSPS) is 27.7. The predicted molar refractivity (Wildman–Crippen MR) is 55.7 cm³/mol. The Kier molecular flexibility index (Phi) is 1.15. The van der Waals surface area contributed by atoms with Crippen molar-refractivity contribution in [1.82, 2.24) is 0 Å². The van der Waals surface area contributed by atoms with Crippen LogP contribution in [0.15, 0.2) is 17.1 Å². The lowest BCUT2D eigenvalue weighted by molar-refractivity contribution is 0.354. The Bertz CT molecular complexity index is 599. The average Bonchev–Trinajstić information content (AvgIpc) is 2.34. The molecule has 0 aliphatic carbocycles. The third-order valence-electron chi connectivity index (χ3n) is 1.84. The van der Waals surface area contributed by atoms with E-state index in [0.29, 0.717) is 0 Å². The Balaban J connectivity index is 2.87. The molecule has 0 aromatic heterocycles. The summed E-state index contributed by atoms with van der Waals surface area (Å²) in [5.41, 5.74) is -0.215. The van der Waals surface area contributed by atoms with E-state index in [1.54, 1.807) is 0 Å². The van der Waals surface area contributed by atoms with E-state index in [0.717, 1.165) is 0 Å². The molecule has 74 valence electrons. The zero-order valence-corrected chi connectivity index (χ0v) is 7.84. The Morgan fingerprint density at radius 2 is 2.21 bits per heavy atom. The molecule has 1 aliphatic heterocycles. The first-order chi connectivity index (χ1) is 9.17. The maximum Gasteiger partial charge on any atom is 0.161 e. The second-order valence-corrected chi connectivity index (χ2v) is 2.62. The number of hydrogen-bond acceptors (Lipinski definition) is 3. The number of hydrogen-bond donors (Lipinski definition) is 0. The van der Waals surface area contributed by atoms with Gasteiger partial charge in [0.25, 0.3) is 0 Å². The van der Waals surface area contributed by atoms with Crippen LogP contribution in [0.3, 0.4) is 0 Å². The standard InChI is InChI=1S/C11H13NO2/c1-13-10-5-8-3-4-12-7-9(8)6-11(10)14-2/h5-7H,3-4H2,1-2H3/i3D2,4D2,5D,7D. The summed E-state index contributed by atoms with van der Waals surface area (Å²) in [6, 6.07) is 1.00. The van der Waals surface area contributed by atoms with Crippen molar-refractivity contribution in [2.24, 2.45) is 4.99 Å². The van der Waals surface area contributed by atoms with Crippen molar-refractivity contribution in [3.05, 3.63) is 23.2 Å². The number of rotatable bonds is 2. The molecule has 1 heterocycles. The van der Waals surface area contributed by atoms with Gasteiger partial charge in [0, 0.05) is 15.4 Å². The number of nitrogens with zero attached hydrogens (tertiary/aromatic N) is 1. The zero-order valence-electron chi connectivity index (χ0n) is 13.8. The second kappa shape index (κ2) is 3.70. The molecule has 0 amide bonds. The molecule has 1 aromatic rings. The highest BCUT2D eigenvalue weighted by Crippen LogP contribution is 2.30. The molecule has 14 heavy (non-hydrogen) atoms. The molecule has 3 nitrogen and oxygen atoms in total. The summed E-state index contributed by atoms with van der Waals surface area (Å²) < 4.78 is 57.0.